The highest BCUT2D eigenvalue weighted by molar-refractivity contribution is 9.12. The molecule has 56 valence electrons. The summed E-state index contributed by atoms with van der Waals surface area (Å²) in [5.41, 5.74) is 0.350. The summed E-state index contributed by atoms with van der Waals surface area (Å²) >= 11 is 7.14. The molecular weight excluding hydrogens is 244 g/mol. The summed E-state index contributed by atoms with van der Waals surface area (Å²) in [6, 6.07) is 0. The average molecular weight is 258 g/mol. The van der Waals surface area contributed by atoms with Gasteiger partial charge in [-0.05, 0) is 5.41 Å². The van der Waals surface area contributed by atoms with Gasteiger partial charge in [-0.2, -0.15) is 0 Å². The largest absolute Gasteiger partial charge is 0.0881 e. The van der Waals surface area contributed by atoms with Crippen molar-refractivity contribution in [1.29, 1.82) is 0 Å². The van der Waals surface area contributed by atoms with Gasteiger partial charge in [0, 0.05) is 9.65 Å². The van der Waals surface area contributed by atoms with Crippen molar-refractivity contribution in [3.8, 4) is 0 Å². The topological polar surface area (TPSA) is 0 Å². The van der Waals surface area contributed by atoms with Gasteiger partial charge in [-0.3, -0.25) is 0 Å². The zero-order valence-electron chi connectivity index (χ0n) is 6.41. The molecule has 0 N–H and O–H groups in total. The fourth-order valence-corrected chi connectivity index (χ4v) is 1.48. The third-order valence-corrected chi connectivity index (χ3v) is 4.64. The normalized spacial score (nSPS) is 19.3. The Morgan fingerprint density at radius 1 is 1.11 bits per heavy atom. The molecule has 0 aliphatic rings. The van der Waals surface area contributed by atoms with Gasteiger partial charge in [0.1, 0.15) is 0 Å². The maximum atomic E-state index is 3.62. The van der Waals surface area contributed by atoms with Gasteiger partial charge in [0.2, 0.25) is 0 Å². The van der Waals surface area contributed by atoms with Crippen molar-refractivity contribution >= 4 is 31.9 Å². The van der Waals surface area contributed by atoms with Gasteiger partial charge in [0.05, 0.1) is 0 Å². The molecule has 0 fully saturated rings. The van der Waals surface area contributed by atoms with Gasteiger partial charge in [0.25, 0.3) is 0 Å². The maximum absolute atomic E-state index is 3.62. The van der Waals surface area contributed by atoms with E-state index < -0.39 is 0 Å². The predicted molar refractivity (Wildman–Crippen MR) is 50.6 cm³/mol. The zero-order chi connectivity index (χ0) is 7.65. The quantitative estimate of drug-likeness (QED) is 0.630. The SMILES string of the molecule is C[C@H](Br)[C@H](Br)C(C)(C)C. The zero-order valence-corrected chi connectivity index (χ0v) is 9.58. The Hall–Kier alpha value is 0.960. The van der Waals surface area contributed by atoms with E-state index in [9.17, 15) is 0 Å². The Morgan fingerprint density at radius 3 is 1.44 bits per heavy atom. The highest BCUT2D eigenvalue weighted by Gasteiger charge is 2.25. The Morgan fingerprint density at radius 2 is 1.44 bits per heavy atom. The molecule has 0 aromatic heterocycles. The highest BCUT2D eigenvalue weighted by atomic mass is 79.9. The minimum atomic E-state index is 0.350. The molecule has 0 spiro atoms. The average Bonchev–Trinajstić information content (AvgIpc) is 1.62. The molecule has 0 heterocycles. The van der Waals surface area contributed by atoms with Crippen LogP contribution in [0.15, 0.2) is 0 Å². The molecule has 2 atom stereocenters. The molecule has 0 nitrogen and oxygen atoms in total. The van der Waals surface area contributed by atoms with Gasteiger partial charge >= 0.3 is 0 Å². The molecule has 2 heteroatoms. The van der Waals surface area contributed by atoms with Crippen LogP contribution in [0.1, 0.15) is 27.7 Å². The molecule has 9 heavy (non-hydrogen) atoms. The Labute approximate surface area is 74.7 Å². The lowest BCUT2D eigenvalue weighted by molar-refractivity contribution is 0.400. The third kappa shape index (κ3) is 3.61. The second-order valence-electron chi connectivity index (χ2n) is 3.45. The lowest BCUT2D eigenvalue weighted by atomic mass is 9.91. The molecule has 0 radical (unpaired) electrons. The van der Waals surface area contributed by atoms with Crippen LogP contribution in [0.25, 0.3) is 0 Å². The van der Waals surface area contributed by atoms with Crippen molar-refractivity contribution < 1.29 is 0 Å². The van der Waals surface area contributed by atoms with Crippen LogP contribution in [0.4, 0.5) is 0 Å². The standard InChI is InChI=1S/C7H14Br2/c1-5(8)6(9)7(2,3)4/h5-6H,1-4H3/t5-,6-/m0/s1. The highest BCUT2D eigenvalue weighted by Crippen LogP contribution is 2.31. The van der Waals surface area contributed by atoms with Crippen LogP contribution in [-0.2, 0) is 0 Å². The van der Waals surface area contributed by atoms with Crippen LogP contribution in [0.2, 0.25) is 0 Å². The molecule has 0 rings (SSSR count). The number of rotatable bonds is 1. The molecule has 0 aromatic carbocycles. The lowest BCUT2D eigenvalue weighted by Gasteiger charge is -2.27. The second kappa shape index (κ2) is 3.38. The summed E-state index contributed by atoms with van der Waals surface area (Å²) in [6.45, 7) is 8.84. The van der Waals surface area contributed by atoms with Gasteiger partial charge in [-0.15, -0.1) is 0 Å². The molecule has 0 unspecified atom stereocenters. The summed E-state index contributed by atoms with van der Waals surface area (Å²) in [7, 11) is 0. The summed E-state index contributed by atoms with van der Waals surface area (Å²) in [4.78, 5) is 1.09. The summed E-state index contributed by atoms with van der Waals surface area (Å²) in [5.74, 6) is 0. The number of alkyl halides is 2. The first-order valence-electron chi connectivity index (χ1n) is 3.14. The first-order valence-corrected chi connectivity index (χ1v) is 4.97. The number of hydrogen-bond acceptors (Lipinski definition) is 0. The van der Waals surface area contributed by atoms with Gasteiger partial charge < -0.3 is 0 Å². The minimum absolute atomic E-state index is 0.350. The molecule has 0 saturated carbocycles. The van der Waals surface area contributed by atoms with Crippen LogP contribution in [0.3, 0.4) is 0 Å². The molecule has 0 bridgehead atoms. The minimum Gasteiger partial charge on any atom is -0.0881 e. The van der Waals surface area contributed by atoms with Crippen molar-refractivity contribution in [2.75, 3.05) is 0 Å². The molecule has 0 aromatic rings. The Balaban J connectivity index is 3.88. The second-order valence-corrected chi connectivity index (χ2v) is 5.88. The van der Waals surface area contributed by atoms with Crippen molar-refractivity contribution in [3.05, 3.63) is 0 Å². The molecular formula is C7H14Br2. The van der Waals surface area contributed by atoms with Crippen LogP contribution in [0, 0.1) is 5.41 Å². The van der Waals surface area contributed by atoms with E-state index in [1.807, 2.05) is 0 Å². The fourth-order valence-electron chi connectivity index (χ4n) is 0.689. The summed E-state index contributed by atoms with van der Waals surface area (Å²) in [5, 5.41) is 0. The van der Waals surface area contributed by atoms with Crippen molar-refractivity contribution in [3.63, 3.8) is 0 Å². The smallest absolute Gasteiger partial charge is 0.0316 e. The Kier molecular flexibility index (Phi) is 3.74. The van der Waals surface area contributed by atoms with Crippen LogP contribution in [0.5, 0.6) is 0 Å². The Bertz CT molecular complexity index is 81.4. The molecule has 0 amide bonds. The van der Waals surface area contributed by atoms with E-state index in [4.69, 9.17) is 0 Å². The summed E-state index contributed by atoms with van der Waals surface area (Å²) < 4.78 is 0. The first-order chi connectivity index (χ1) is 3.85. The fraction of sp³-hybridized carbons (Fsp3) is 1.00. The molecule has 0 aliphatic carbocycles. The van der Waals surface area contributed by atoms with Crippen LogP contribution in [-0.4, -0.2) is 9.65 Å². The number of halogens is 2. The van der Waals surface area contributed by atoms with Crippen LogP contribution >= 0.6 is 31.9 Å². The number of hydrogen-bond donors (Lipinski definition) is 0. The van der Waals surface area contributed by atoms with E-state index in [-0.39, 0.29) is 0 Å². The van der Waals surface area contributed by atoms with E-state index >= 15 is 0 Å². The van der Waals surface area contributed by atoms with E-state index in [0.717, 1.165) is 0 Å². The van der Waals surface area contributed by atoms with Crippen molar-refractivity contribution in [1.82, 2.24) is 0 Å². The summed E-state index contributed by atoms with van der Waals surface area (Å²) in [6.07, 6.45) is 0. The monoisotopic (exact) mass is 256 g/mol. The third-order valence-electron chi connectivity index (χ3n) is 1.23. The maximum Gasteiger partial charge on any atom is 0.0316 e. The van der Waals surface area contributed by atoms with E-state index in [1.165, 1.54) is 0 Å². The van der Waals surface area contributed by atoms with Crippen molar-refractivity contribution in [2.24, 2.45) is 5.41 Å². The first kappa shape index (κ1) is 9.96. The lowest BCUT2D eigenvalue weighted by Crippen LogP contribution is -2.26. The van der Waals surface area contributed by atoms with E-state index in [2.05, 4.69) is 59.6 Å². The van der Waals surface area contributed by atoms with Gasteiger partial charge in [-0.25, -0.2) is 0 Å². The van der Waals surface area contributed by atoms with Gasteiger partial charge in [0.15, 0.2) is 0 Å². The molecule has 0 aliphatic heterocycles. The van der Waals surface area contributed by atoms with E-state index in [0.29, 0.717) is 15.1 Å². The van der Waals surface area contributed by atoms with Gasteiger partial charge in [-0.1, -0.05) is 59.6 Å². The van der Waals surface area contributed by atoms with E-state index in [1.54, 1.807) is 0 Å². The van der Waals surface area contributed by atoms with Crippen LogP contribution < -0.4 is 0 Å². The van der Waals surface area contributed by atoms with Crippen molar-refractivity contribution in [2.45, 2.75) is 37.3 Å². The molecule has 0 saturated heterocycles. The predicted octanol–water partition coefficient (Wildman–Crippen LogP) is 3.58.